The minimum Gasteiger partial charge on any atom is -0.481 e. The van der Waals surface area contributed by atoms with Crippen molar-refractivity contribution in [1.29, 1.82) is 0 Å². The summed E-state index contributed by atoms with van der Waals surface area (Å²) in [4.78, 5) is 39.6. The van der Waals surface area contributed by atoms with E-state index in [0.29, 0.717) is 19.6 Å². The lowest BCUT2D eigenvalue weighted by Crippen LogP contribution is -2.50. The molecule has 0 aromatic carbocycles. The number of rotatable bonds is 6. The number of carbonyl (C=O) groups excluding carboxylic acids is 2. The average molecular weight is 340 g/mol. The van der Waals surface area contributed by atoms with E-state index in [1.54, 1.807) is 9.80 Å². The van der Waals surface area contributed by atoms with Gasteiger partial charge in [0.1, 0.15) is 0 Å². The van der Waals surface area contributed by atoms with Gasteiger partial charge in [0.05, 0.1) is 12.3 Å². The second-order valence-corrected chi connectivity index (χ2v) is 8.16. The van der Waals surface area contributed by atoms with Gasteiger partial charge in [-0.15, -0.1) is 0 Å². The Kier molecular flexibility index (Phi) is 7.24. The van der Waals surface area contributed by atoms with Gasteiger partial charge in [-0.1, -0.05) is 34.6 Å². The molecule has 1 aliphatic heterocycles. The van der Waals surface area contributed by atoms with E-state index in [9.17, 15) is 14.4 Å². The summed E-state index contributed by atoms with van der Waals surface area (Å²) in [7, 11) is 0. The number of aliphatic carboxylic acids is 1. The van der Waals surface area contributed by atoms with Gasteiger partial charge < -0.3 is 14.9 Å². The molecule has 1 atom stereocenters. The van der Waals surface area contributed by atoms with Crippen molar-refractivity contribution in [3.05, 3.63) is 0 Å². The van der Waals surface area contributed by atoms with E-state index in [2.05, 4.69) is 0 Å². The van der Waals surface area contributed by atoms with Gasteiger partial charge >= 0.3 is 5.97 Å². The van der Waals surface area contributed by atoms with Crippen LogP contribution in [0.5, 0.6) is 0 Å². The minimum atomic E-state index is -0.898. The summed E-state index contributed by atoms with van der Waals surface area (Å²) in [6, 6.07) is 0. The summed E-state index contributed by atoms with van der Waals surface area (Å²) in [5, 5.41) is 8.90. The molecule has 6 nitrogen and oxygen atoms in total. The van der Waals surface area contributed by atoms with Crippen LogP contribution in [-0.2, 0) is 14.4 Å². The maximum absolute atomic E-state index is 12.9. The maximum atomic E-state index is 12.9. The van der Waals surface area contributed by atoms with E-state index in [1.807, 2.05) is 34.6 Å². The monoisotopic (exact) mass is 340 g/mol. The van der Waals surface area contributed by atoms with Crippen LogP contribution in [0.4, 0.5) is 0 Å². The second kappa shape index (κ2) is 8.49. The molecular weight excluding hydrogens is 308 g/mol. The van der Waals surface area contributed by atoms with Gasteiger partial charge in [-0.2, -0.15) is 0 Å². The fourth-order valence-corrected chi connectivity index (χ4v) is 3.06. The van der Waals surface area contributed by atoms with Gasteiger partial charge in [-0.05, 0) is 18.8 Å². The van der Waals surface area contributed by atoms with Gasteiger partial charge in [0.15, 0.2) is 0 Å². The van der Waals surface area contributed by atoms with Crippen molar-refractivity contribution in [1.82, 2.24) is 9.80 Å². The quantitative estimate of drug-likeness (QED) is 0.804. The molecule has 1 unspecified atom stereocenters. The van der Waals surface area contributed by atoms with Crippen molar-refractivity contribution in [3.8, 4) is 0 Å². The first kappa shape index (κ1) is 20.5. The molecule has 1 heterocycles. The Morgan fingerprint density at radius 1 is 1.25 bits per heavy atom. The number of nitrogens with zero attached hydrogens (tertiary/aromatic N) is 2. The van der Waals surface area contributed by atoms with Crippen LogP contribution in [-0.4, -0.2) is 58.9 Å². The number of carbonyl (C=O) groups is 3. The smallest absolute Gasteiger partial charge is 0.305 e. The van der Waals surface area contributed by atoms with Crippen LogP contribution in [0.25, 0.3) is 0 Å². The van der Waals surface area contributed by atoms with Gasteiger partial charge in [0.2, 0.25) is 11.8 Å². The van der Waals surface area contributed by atoms with E-state index in [4.69, 9.17) is 5.11 Å². The summed E-state index contributed by atoms with van der Waals surface area (Å²) in [5.41, 5.74) is -0.453. The van der Waals surface area contributed by atoms with Gasteiger partial charge in [0, 0.05) is 31.6 Å². The third-order valence-electron chi connectivity index (χ3n) is 4.19. The summed E-state index contributed by atoms with van der Waals surface area (Å²) in [6.45, 7) is 11.6. The predicted molar refractivity (Wildman–Crippen MR) is 92.4 cm³/mol. The number of amides is 2. The Bertz CT molecular complexity index is 468. The Labute approximate surface area is 145 Å². The van der Waals surface area contributed by atoms with Crippen LogP contribution in [0.15, 0.2) is 0 Å². The largest absolute Gasteiger partial charge is 0.481 e. The molecule has 1 aliphatic rings. The molecule has 0 aromatic heterocycles. The van der Waals surface area contributed by atoms with Crippen LogP contribution in [0, 0.1) is 17.3 Å². The highest BCUT2D eigenvalue weighted by molar-refractivity contribution is 5.84. The molecule has 0 aliphatic carbocycles. The average Bonchev–Trinajstić information content (AvgIpc) is 2.48. The zero-order valence-corrected chi connectivity index (χ0v) is 15.7. The van der Waals surface area contributed by atoms with Crippen molar-refractivity contribution in [2.75, 3.05) is 26.2 Å². The highest BCUT2D eigenvalue weighted by Crippen LogP contribution is 2.25. The van der Waals surface area contributed by atoms with Crippen molar-refractivity contribution < 1.29 is 19.5 Å². The lowest BCUT2D eigenvalue weighted by Gasteiger charge is -2.38. The zero-order chi connectivity index (χ0) is 18.5. The first-order valence-corrected chi connectivity index (χ1v) is 8.82. The van der Waals surface area contributed by atoms with Crippen molar-refractivity contribution in [3.63, 3.8) is 0 Å². The second-order valence-electron chi connectivity index (χ2n) is 8.16. The summed E-state index contributed by atoms with van der Waals surface area (Å²) in [5.74, 6) is -0.793. The van der Waals surface area contributed by atoms with E-state index >= 15 is 0 Å². The highest BCUT2D eigenvalue weighted by Gasteiger charge is 2.35. The molecule has 1 fully saturated rings. The van der Waals surface area contributed by atoms with E-state index in [1.165, 1.54) is 0 Å². The number of carboxylic acids is 1. The normalized spacial score (nSPS) is 18.6. The number of likely N-dealkylation sites (tertiary alicyclic amines) is 1. The Balaban J connectivity index is 2.78. The van der Waals surface area contributed by atoms with Crippen LogP contribution in [0.2, 0.25) is 0 Å². The molecule has 0 saturated carbocycles. The number of carboxylic acid groups (broad SMARTS) is 1. The van der Waals surface area contributed by atoms with E-state index in [0.717, 1.165) is 12.8 Å². The fraction of sp³-hybridized carbons (Fsp3) is 0.833. The van der Waals surface area contributed by atoms with Crippen LogP contribution < -0.4 is 0 Å². The van der Waals surface area contributed by atoms with Crippen molar-refractivity contribution in [2.45, 2.75) is 53.9 Å². The number of piperidine rings is 1. The Morgan fingerprint density at radius 3 is 2.38 bits per heavy atom. The molecule has 24 heavy (non-hydrogen) atoms. The molecule has 1 N–H and O–H groups in total. The first-order chi connectivity index (χ1) is 11.0. The van der Waals surface area contributed by atoms with Gasteiger partial charge in [0.25, 0.3) is 0 Å². The Hall–Kier alpha value is -1.59. The fourth-order valence-electron chi connectivity index (χ4n) is 3.06. The minimum absolute atomic E-state index is 0.0173. The van der Waals surface area contributed by atoms with Crippen LogP contribution in [0.3, 0.4) is 0 Å². The lowest BCUT2D eigenvalue weighted by atomic mass is 9.90. The summed E-state index contributed by atoms with van der Waals surface area (Å²) in [6.07, 6.45) is 1.52. The molecule has 138 valence electrons. The topological polar surface area (TPSA) is 77.9 Å². The molecule has 6 heteroatoms. The Morgan fingerprint density at radius 2 is 1.88 bits per heavy atom. The third kappa shape index (κ3) is 6.13. The number of hydrogen-bond donors (Lipinski definition) is 1. The molecule has 0 aromatic rings. The first-order valence-electron chi connectivity index (χ1n) is 8.82. The molecule has 0 bridgehead atoms. The molecule has 0 spiro atoms. The molecule has 2 amide bonds. The number of hydrogen-bond acceptors (Lipinski definition) is 3. The molecular formula is C18H32N2O4. The van der Waals surface area contributed by atoms with Gasteiger partial charge in [-0.25, -0.2) is 0 Å². The van der Waals surface area contributed by atoms with Crippen molar-refractivity contribution in [2.24, 2.45) is 17.3 Å². The van der Waals surface area contributed by atoms with E-state index in [-0.39, 0.29) is 36.6 Å². The lowest BCUT2D eigenvalue weighted by molar-refractivity contribution is -0.145. The third-order valence-corrected chi connectivity index (χ3v) is 4.19. The standard InChI is InChI=1S/C18H32N2O4/c1-13(2)11-19(10-8-15(21)22)16(23)14-7-6-9-20(12-14)17(24)18(3,4)5/h13-14H,6-12H2,1-5H3,(H,21,22). The SMILES string of the molecule is CC(C)CN(CCC(=O)O)C(=O)C1CCCN(C(=O)C(C)(C)C)C1. The predicted octanol–water partition coefficient (Wildman–Crippen LogP) is 2.23. The zero-order valence-electron chi connectivity index (χ0n) is 15.7. The van der Waals surface area contributed by atoms with Crippen LogP contribution in [0.1, 0.15) is 53.9 Å². The van der Waals surface area contributed by atoms with Crippen LogP contribution >= 0.6 is 0 Å². The van der Waals surface area contributed by atoms with E-state index < -0.39 is 11.4 Å². The van der Waals surface area contributed by atoms with Crippen molar-refractivity contribution >= 4 is 17.8 Å². The summed E-state index contributed by atoms with van der Waals surface area (Å²) < 4.78 is 0. The maximum Gasteiger partial charge on any atom is 0.305 e. The van der Waals surface area contributed by atoms with Gasteiger partial charge in [-0.3, -0.25) is 14.4 Å². The molecule has 1 saturated heterocycles. The highest BCUT2D eigenvalue weighted by atomic mass is 16.4. The molecule has 0 radical (unpaired) electrons. The molecule has 1 rings (SSSR count). The summed E-state index contributed by atoms with van der Waals surface area (Å²) >= 11 is 0.